The lowest BCUT2D eigenvalue weighted by Crippen LogP contribution is -2.45. The molecule has 31 heavy (non-hydrogen) atoms. The van der Waals surface area contributed by atoms with Crippen LogP contribution in [0, 0.1) is 11.3 Å². The molecule has 3 aromatic rings. The van der Waals surface area contributed by atoms with Gasteiger partial charge in [-0.1, -0.05) is 37.3 Å². The van der Waals surface area contributed by atoms with Crippen molar-refractivity contribution in [3.63, 3.8) is 0 Å². The van der Waals surface area contributed by atoms with Gasteiger partial charge in [0.2, 0.25) is 5.91 Å². The number of carbonyl (C=O) groups is 1. The summed E-state index contributed by atoms with van der Waals surface area (Å²) in [5, 5.41) is 9.43. The fraction of sp³-hybridized carbons (Fsp3) is 0.320. The summed E-state index contributed by atoms with van der Waals surface area (Å²) >= 11 is 0. The van der Waals surface area contributed by atoms with Crippen LogP contribution in [0.1, 0.15) is 42.1 Å². The Balaban J connectivity index is 1.74. The molecule has 6 nitrogen and oxygen atoms in total. The Hall–Kier alpha value is -3.59. The minimum absolute atomic E-state index is 0.0262. The van der Waals surface area contributed by atoms with E-state index in [0.29, 0.717) is 31.6 Å². The number of imidazole rings is 1. The number of anilines is 1. The lowest BCUT2D eigenvalue weighted by atomic mass is 10.0. The van der Waals surface area contributed by atoms with Gasteiger partial charge in [-0.3, -0.25) is 4.79 Å². The zero-order chi connectivity index (χ0) is 21.6. The molecule has 0 saturated carbocycles. The van der Waals surface area contributed by atoms with Crippen LogP contribution in [0.4, 0.5) is 5.69 Å². The highest BCUT2D eigenvalue weighted by Gasteiger charge is 2.31. The van der Waals surface area contributed by atoms with Crippen LogP contribution in [0.2, 0.25) is 0 Å². The summed E-state index contributed by atoms with van der Waals surface area (Å²) in [5.41, 5.74) is 4.84. The number of amides is 1. The van der Waals surface area contributed by atoms with Gasteiger partial charge in [-0.25, -0.2) is 4.98 Å². The quantitative estimate of drug-likeness (QED) is 0.662. The number of hydrogen-bond acceptors (Lipinski definition) is 4. The second kappa shape index (κ2) is 9.48. The van der Waals surface area contributed by atoms with Gasteiger partial charge in [0.25, 0.3) is 0 Å². The van der Waals surface area contributed by atoms with Crippen LogP contribution >= 0.6 is 0 Å². The van der Waals surface area contributed by atoms with Gasteiger partial charge < -0.3 is 14.8 Å². The zero-order valence-electron chi connectivity index (χ0n) is 17.8. The number of carbonyl (C=O) groups excluding carboxylic acids is 1. The van der Waals surface area contributed by atoms with Crippen LogP contribution in [-0.2, 0) is 24.3 Å². The van der Waals surface area contributed by atoms with Crippen molar-refractivity contribution in [2.45, 2.75) is 45.3 Å². The molecular formula is C25H27N5O. The summed E-state index contributed by atoms with van der Waals surface area (Å²) in [6, 6.07) is 18.4. The van der Waals surface area contributed by atoms with Gasteiger partial charge in [0, 0.05) is 31.4 Å². The first kappa shape index (κ1) is 20.7. The van der Waals surface area contributed by atoms with E-state index in [1.54, 1.807) is 6.33 Å². The number of nitriles is 1. The number of nitrogens with zero attached hydrogens (tertiary/aromatic N) is 4. The van der Waals surface area contributed by atoms with Gasteiger partial charge in [0.15, 0.2) is 0 Å². The van der Waals surface area contributed by atoms with E-state index in [0.717, 1.165) is 29.8 Å². The van der Waals surface area contributed by atoms with E-state index in [1.165, 1.54) is 5.56 Å². The fourth-order valence-electron chi connectivity index (χ4n) is 4.29. The van der Waals surface area contributed by atoms with Crippen molar-refractivity contribution in [1.82, 2.24) is 14.9 Å². The van der Waals surface area contributed by atoms with Crippen molar-refractivity contribution < 1.29 is 4.79 Å². The lowest BCUT2D eigenvalue weighted by Gasteiger charge is -2.33. The molecular weight excluding hydrogens is 386 g/mol. The maximum absolute atomic E-state index is 13.2. The maximum atomic E-state index is 13.2. The fourth-order valence-corrected chi connectivity index (χ4v) is 4.29. The Bertz CT molecular complexity index is 1060. The summed E-state index contributed by atoms with van der Waals surface area (Å²) < 4.78 is 0. The van der Waals surface area contributed by atoms with Crippen LogP contribution in [0.25, 0.3) is 0 Å². The number of H-pyrrole nitrogens is 1. The molecule has 0 bridgehead atoms. The van der Waals surface area contributed by atoms with Crippen molar-refractivity contribution in [2.75, 3.05) is 11.4 Å². The summed E-state index contributed by atoms with van der Waals surface area (Å²) in [7, 11) is 0. The Morgan fingerprint density at radius 1 is 1.26 bits per heavy atom. The van der Waals surface area contributed by atoms with Gasteiger partial charge >= 0.3 is 0 Å². The molecule has 0 unspecified atom stereocenters. The zero-order valence-corrected chi connectivity index (χ0v) is 17.8. The van der Waals surface area contributed by atoms with Crippen molar-refractivity contribution in [3.8, 4) is 6.07 Å². The van der Waals surface area contributed by atoms with Gasteiger partial charge in [-0.05, 0) is 42.2 Å². The molecule has 6 heteroatoms. The molecule has 158 valence electrons. The van der Waals surface area contributed by atoms with Crippen LogP contribution in [-0.4, -0.2) is 33.4 Å². The molecule has 0 spiro atoms. The highest BCUT2D eigenvalue weighted by atomic mass is 16.2. The van der Waals surface area contributed by atoms with E-state index < -0.39 is 0 Å². The lowest BCUT2D eigenvalue weighted by molar-refractivity contribution is -0.134. The SMILES string of the molecule is CCCC(=O)N1Cc2cc(C#N)ccc2N(Cc2c[nH]cn2)C[C@H]1Cc1ccccc1. The third kappa shape index (κ3) is 4.77. The van der Waals surface area contributed by atoms with Crippen molar-refractivity contribution in [2.24, 2.45) is 0 Å². The first-order valence-corrected chi connectivity index (χ1v) is 10.8. The number of fused-ring (bicyclic) bond motifs is 1. The summed E-state index contributed by atoms with van der Waals surface area (Å²) in [6.45, 7) is 3.89. The molecule has 2 aromatic carbocycles. The average Bonchev–Trinajstić information content (AvgIpc) is 3.25. The predicted molar refractivity (Wildman–Crippen MR) is 120 cm³/mol. The molecule has 1 amide bonds. The van der Waals surface area contributed by atoms with E-state index in [9.17, 15) is 10.1 Å². The molecule has 0 fully saturated rings. The highest BCUT2D eigenvalue weighted by Crippen LogP contribution is 2.31. The molecule has 1 aromatic heterocycles. The molecule has 0 saturated heterocycles. The molecule has 0 radical (unpaired) electrons. The highest BCUT2D eigenvalue weighted by molar-refractivity contribution is 5.77. The third-order valence-electron chi connectivity index (χ3n) is 5.77. The molecule has 1 aliphatic heterocycles. The molecule has 1 atom stereocenters. The van der Waals surface area contributed by atoms with Crippen molar-refractivity contribution >= 4 is 11.6 Å². The van der Waals surface area contributed by atoms with Crippen LogP contribution < -0.4 is 4.90 Å². The summed E-state index contributed by atoms with van der Waals surface area (Å²) in [5.74, 6) is 0.165. The monoisotopic (exact) mass is 413 g/mol. The second-order valence-corrected chi connectivity index (χ2v) is 8.01. The van der Waals surface area contributed by atoms with Crippen LogP contribution in [0.5, 0.6) is 0 Å². The van der Waals surface area contributed by atoms with E-state index >= 15 is 0 Å². The minimum Gasteiger partial charge on any atom is -0.363 e. The number of hydrogen-bond donors (Lipinski definition) is 1. The van der Waals surface area contributed by atoms with E-state index in [-0.39, 0.29) is 11.9 Å². The van der Waals surface area contributed by atoms with Crippen molar-refractivity contribution in [3.05, 3.63) is 83.4 Å². The number of aromatic nitrogens is 2. The Labute approximate surface area is 183 Å². The molecule has 1 aliphatic rings. The van der Waals surface area contributed by atoms with Crippen molar-refractivity contribution in [1.29, 1.82) is 5.26 Å². The predicted octanol–water partition coefficient (Wildman–Crippen LogP) is 4.04. The number of rotatable bonds is 6. The second-order valence-electron chi connectivity index (χ2n) is 8.01. The first-order valence-electron chi connectivity index (χ1n) is 10.8. The van der Waals surface area contributed by atoms with E-state index in [2.05, 4.69) is 33.1 Å². The number of benzene rings is 2. The smallest absolute Gasteiger partial charge is 0.223 e. The average molecular weight is 414 g/mol. The maximum Gasteiger partial charge on any atom is 0.223 e. The summed E-state index contributed by atoms with van der Waals surface area (Å²) in [4.78, 5) is 24.9. The summed E-state index contributed by atoms with van der Waals surface area (Å²) in [6.07, 6.45) is 5.71. The van der Waals surface area contributed by atoms with Crippen LogP contribution in [0.3, 0.4) is 0 Å². The normalized spacial score (nSPS) is 15.8. The minimum atomic E-state index is 0.0262. The third-order valence-corrected chi connectivity index (χ3v) is 5.77. The van der Waals surface area contributed by atoms with Gasteiger partial charge in [-0.2, -0.15) is 5.26 Å². The standard InChI is InChI=1S/C25H27N5O/c1-2-6-25(31)30-15-21-11-20(13-26)9-10-24(21)29(16-22-14-27-18-28-22)17-23(30)12-19-7-4-3-5-8-19/h3-5,7-11,14,18,23H,2,6,12,15-17H2,1H3,(H,27,28)/t23-/m1/s1. The van der Waals surface area contributed by atoms with Gasteiger partial charge in [-0.15, -0.1) is 0 Å². The largest absolute Gasteiger partial charge is 0.363 e. The Morgan fingerprint density at radius 3 is 2.81 bits per heavy atom. The molecule has 0 aliphatic carbocycles. The Morgan fingerprint density at radius 2 is 2.10 bits per heavy atom. The topological polar surface area (TPSA) is 76.0 Å². The van der Waals surface area contributed by atoms with Gasteiger partial charge in [0.05, 0.1) is 36.2 Å². The van der Waals surface area contributed by atoms with E-state index in [4.69, 9.17) is 0 Å². The van der Waals surface area contributed by atoms with E-state index in [1.807, 2.05) is 54.4 Å². The Kier molecular flexibility index (Phi) is 6.32. The number of aromatic amines is 1. The van der Waals surface area contributed by atoms with Gasteiger partial charge in [0.1, 0.15) is 0 Å². The molecule has 1 N–H and O–H groups in total. The van der Waals surface area contributed by atoms with Crippen LogP contribution in [0.15, 0.2) is 61.1 Å². The molecule has 4 rings (SSSR count). The number of nitrogens with one attached hydrogen (secondary N) is 1. The molecule has 2 heterocycles. The first-order chi connectivity index (χ1) is 15.2.